The van der Waals surface area contributed by atoms with E-state index in [2.05, 4.69) is 473 Å². The van der Waals surface area contributed by atoms with Crippen LogP contribution in [-0.2, 0) is 6.42 Å². The van der Waals surface area contributed by atoms with Gasteiger partial charge < -0.3 is 0 Å². The second-order valence-corrected chi connectivity index (χ2v) is 92.8. The van der Waals surface area contributed by atoms with E-state index in [4.69, 9.17) is 0 Å². The summed E-state index contributed by atoms with van der Waals surface area (Å²) in [6, 6.07) is 105. The molecule has 0 amide bonds. The van der Waals surface area contributed by atoms with Crippen LogP contribution in [0.15, 0.2) is 261 Å². The Hall–Kier alpha value is -6.12. The number of hydrogen-bond acceptors (Lipinski definition) is 1. The molecule has 0 nitrogen and oxygen atoms in total. The number of aryl methyl sites for hydroxylation is 9. The summed E-state index contributed by atoms with van der Waals surface area (Å²) in [5.74, 6) is 15.3. The summed E-state index contributed by atoms with van der Waals surface area (Å²) in [7, 11) is -4.57. The predicted molar refractivity (Wildman–Crippen MR) is 567 cm³/mol. The van der Waals surface area contributed by atoms with E-state index < -0.39 is 72.1 Å². The second kappa shape index (κ2) is 48.8. The Morgan fingerprint density at radius 3 is 0.765 bits per heavy atom. The molecule has 0 N–H and O–H groups in total. The van der Waals surface area contributed by atoms with Gasteiger partial charge in [-0.25, -0.2) is 0 Å². The summed E-state index contributed by atoms with van der Waals surface area (Å²) >= 11 is -2.91. The van der Waals surface area contributed by atoms with Gasteiger partial charge in [0.1, 0.15) is 0 Å². The Morgan fingerprint density at radius 1 is 0.277 bits per heavy atom. The molecule has 1 heterocycles. The molecular formula is C111H160Ge3SSi4. The van der Waals surface area contributed by atoms with Crippen LogP contribution in [0.2, 0.25) is 126 Å². The topological polar surface area (TPSA) is 0 Å². The van der Waals surface area contributed by atoms with Crippen molar-refractivity contribution in [1.29, 1.82) is 0 Å². The van der Waals surface area contributed by atoms with Crippen molar-refractivity contribution in [1.82, 2.24) is 0 Å². The molecule has 0 atom stereocenters. The van der Waals surface area contributed by atoms with Crippen LogP contribution in [-0.4, -0.2) is 72.1 Å². The second-order valence-electron chi connectivity index (χ2n) is 38.5. The Balaban J connectivity index is 0.000000244. The third-order valence-electron chi connectivity index (χ3n) is 25.3. The van der Waals surface area contributed by atoms with Crippen LogP contribution >= 0.6 is 11.3 Å². The van der Waals surface area contributed by atoms with E-state index in [1.54, 1.807) is 28.7 Å². The number of rotatable bonds is 21. The first-order chi connectivity index (χ1) is 56.0. The number of fused-ring (bicyclic) bond motifs is 1. The number of thiophene rings is 1. The zero-order valence-electron chi connectivity index (χ0n) is 80.9. The molecule has 0 aliphatic carbocycles. The van der Waals surface area contributed by atoms with Crippen LogP contribution in [0.1, 0.15) is 131 Å². The van der Waals surface area contributed by atoms with Crippen LogP contribution in [0.3, 0.4) is 0 Å². The average molecular weight is 1860 g/mol. The first kappa shape index (κ1) is 103. The summed E-state index contributed by atoms with van der Waals surface area (Å²) in [6.45, 7) is 59.6. The summed E-state index contributed by atoms with van der Waals surface area (Å²) in [5, 5.41) is 12.1. The maximum atomic E-state index is 2.43. The van der Waals surface area contributed by atoms with Crippen LogP contribution < -0.4 is 33.9 Å². The molecule has 638 valence electrons. The fourth-order valence-corrected chi connectivity index (χ4v) is 38.8. The van der Waals surface area contributed by atoms with Crippen molar-refractivity contribution < 1.29 is 0 Å². The van der Waals surface area contributed by atoms with Crippen LogP contribution in [0.25, 0.3) is 43.5 Å². The number of hydrogen-bond donors (Lipinski definition) is 0. The molecule has 0 saturated heterocycles. The molecule has 119 heavy (non-hydrogen) atoms. The molecule has 0 bridgehead atoms. The zero-order chi connectivity index (χ0) is 88.7. The SMILES string of the molecule is CC[Si](CC)(CC)c1ccc(-c2ccc(C)cc2)cc1.CC[Si](CC)(CC)c1ccc(C)cc1.C[CH2][Ge]([CH2]C)([CH2]C)[c]1ccc(C)cc1.Cc1cc[c]([Ge]([CH3])([CH3])[CH3])cc1.Cc1ccc(-c2cc[c]([Ge]([CH3])([CH3])[CH3])cc2)cc1.Cc1ccc(-c2ccc([Si](C)(C)C)cc2)cc1.Cc1ccc([Si](C)(C)C)cc1.Cc1sc2cccc(CC(C)C)c2c1C. The van der Waals surface area contributed by atoms with Gasteiger partial charge in [0, 0.05) is 9.58 Å². The van der Waals surface area contributed by atoms with Gasteiger partial charge in [-0.1, -0.05) is 332 Å². The van der Waals surface area contributed by atoms with E-state index >= 15 is 0 Å². The minimum absolute atomic E-state index is 0.732. The van der Waals surface area contributed by atoms with Crippen molar-refractivity contribution in [2.75, 3.05) is 0 Å². The van der Waals surface area contributed by atoms with Crippen molar-refractivity contribution >= 4 is 127 Å². The summed E-state index contributed by atoms with van der Waals surface area (Å²) in [5.41, 5.74) is 20.3. The van der Waals surface area contributed by atoms with E-state index in [0.29, 0.717) is 0 Å². The third kappa shape index (κ3) is 32.2. The summed E-state index contributed by atoms with van der Waals surface area (Å²) in [6.07, 6.45) is 1.19. The van der Waals surface area contributed by atoms with E-state index in [-0.39, 0.29) is 0 Å². The van der Waals surface area contributed by atoms with Gasteiger partial charge in [-0.2, -0.15) is 0 Å². The van der Waals surface area contributed by atoms with Crippen LogP contribution in [0.5, 0.6) is 0 Å². The fraction of sp³-hybridized carbons (Fsp3) is 0.387. The molecule has 0 aliphatic rings. The molecule has 1 aromatic heterocycles. The van der Waals surface area contributed by atoms with Gasteiger partial charge in [0.25, 0.3) is 0 Å². The monoisotopic (exact) mass is 1860 g/mol. The normalized spacial score (nSPS) is 11.6. The molecule has 12 rings (SSSR count). The Bertz CT molecular complexity index is 4610. The Morgan fingerprint density at radius 2 is 0.504 bits per heavy atom. The summed E-state index contributed by atoms with van der Waals surface area (Å²) < 4.78 is 6.31. The quantitative estimate of drug-likeness (QED) is 0.0629. The standard InChI is InChI=1S/C19H26Si.C16H20Ge.C16H20Si.C14H18S.C13H22Ge.C13H22Si.C10H16Ge.C10H16Si/c1-5-20(6-2,7-3)19-14-12-18(13-15-19)17-10-8-16(4)9-11-17;2*1-13-5-7-14(8-6-13)15-9-11-16(12-10-15)17(2,3)4;1-9(2)8-12-6-5-7-13-14(12)10(3)11(4)15-13;2*1-5-14(6-2,7-3)13-10-8-12(4)9-11-13;2*1-9-5-7-10(8-6-9)11(2,3)4/h8-15H,5-7H2,1-4H3;2*5-12H,1-4H3;5-7,9H,8H2,1-4H3;2*8-11H,5-7H2,1-4H3;2*5-8H,1-4H3. The zero-order valence-corrected chi connectivity index (χ0v) is 92.0. The predicted octanol–water partition coefficient (Wildman–Crippen LogP) is 31.0. The molecule has 0 radical (unpaired) electrons. The van der Waals surface area contributed by atoms with E-state index in [0.717, 1.165) is 5.92 Å². The Labute approximate surface area is 746 Å². The minimum atomic E-state index is -1.65. The van der Waals surface area contributed by atoms with Crippen molar-refractivity contribution in [3.63, 3.8) is 0 Å². The smallest absolute Gasteiger partial charge is 0.0775 e. The van der Waals surface area contributed by atoms with Gasteiger partial charge in [-0.15, -0.1) is 11.3 Å². The Kier molecular flexibility index (Phi) is 42.4. The van der Waals surface area contributed by atoms with E-state index in [1.165, 1.54) is 162 Å². The van der Waals surface area contributed by atoms with Crippen molar-refractivity contribution in [2.24, 2.45) is 5.92 Å². The molecule has 0 aliphatic heterocycles. The maximum Gasteiger partial charge on any atom is 0.0775 e. The van der Waals surface area contributed by atoms with Gasteiger partial charge in [0.2, 0.25) is 0 Å². The first-order valence-electron chi connectivity index (χ1n) is 45.3. The van der Waals surface area contributed by atoms with E-state index in [1.807, 2.05) is 11.3 Å². The molecule has 0 spiro atoms. The molecule has 0 unspecified atom stereocenters. The molecular weight excluding hydrogens is 1700 g/mol. The molecule has 0 saturated carbocycles. The van der Waals surface area contributed by atoms with Crippen LogP contribution in [0, 0.1) is 68.2 Å². The average Bonchev–Trinajstić information content (AvgIpc) is 1.58. The van der Waals surface area contributed by atoms with Gasteiger partial charge in [0.05, 0.1) is 32.3 Å². The van der Waals surface area contributed by atoms with Gasteiger partial charge in [-0.05, 0) is 98.7 Å². The minimum Gasteiger partial charge on any atom is -0.140 e. The fourth-order valence-electron chi connectivity index (χ4n) is 15.7. The third-order valence-corrected chi connectivity index (χ3v) is 62.3. The van der Waals surface area contributed by atoms with Gasteiger partial charge >= 0.3 is 270 Å². The number of benzene rings is 11. The molecule has 0 fully saturated rings. The molecule has 8 heteroatoms. The largest absolute Gasteiger partial charge is 0.140 e. The van der Waals surface area contributed by atoms with Gasteiger partial charge in [-0.3, -0.25) is 0 Å². The maximum absolute atomic E-state index is 2.43. The molecule has 12 aromatic rings. The van der Waals surface area contributed by atoms with E-state index in [9.17, 15) is 0 Å². The molecule has 11 aromatic carbocycles. The van der Waals surface area contributed by atoms with Crippen molar-refractivity contribution in [3.05, 3.63) is 316 Å². The first-order valence-corrected chi connectivity index (χ1v) is 78.6. The van der Waals surface area contributed by atoms with Crippen LogP contribution in [0.4, 0.5) is 0 Å². The summed E-state index contributed by atoms with van der Waals surface area (Å²) in [4.78, 5) is 1.46. The van der Waals surface area contributed by atoms with Crippen molar-refractivity contribution in [2.45, 2.75) is 271 Å². The van der Waals surface area contributed by atoms with Gasteiger partial charge in [0.15, 0.2) is 0 Å². The van der Waals surface area contributed by atoms with Crippen molar-refractivity contribution in [3.8, 4) is 33.4 Å².